The summed E-state index contributed by atoms with van der Waals surface area (Å²) >= 11 is 5.15. The van der Waals surface area contributed by atoms with E-state index in [9.17, 15) is 9.59 Å². The molecule has 0 radical (unpaired) electrons. The fourth-order valence-electron chi connectivity index (χ4n) is 0.437. The molecule has 0 spiro atoms. The monoisotopic (exact) mass is 209 g/mol. The van der Waals surface area contributed by atoms with E-state index < -0.39 is 17.8 Å². The van der Waals surface area contributed by atoms with Gasteiger partial charge in [-0.05, 0) is 20.8 Å². The zero-order chi connectivity index (χ0) is 10.5. The van der Waals surface area contributed by atoms with Gasteiger partial charge in [0.2, 0.25) is 0 Å². The van der Waals surface area contributed by atoms with Crippen molar-refractivity contribution in [2.45, 2.75) is 26.4 Å². The Bertz CT molecular complexity index is 199. The fourth-order valence-corrected chi connectivity index (χ4v) is 0.546. The van der Waals surface area contributed by atoms with Crippen molar-refractivity contribution in [3.63, 3.8) is 0 Å². The number of nitrogens with one attached hydrogen (secondary N) is 1. The minimum atomic E-state index is -1.05. The quantitative estimate of drug-likeness (QED) is 0.310. The highest BCUT2D eigenvalue weighted by Gasteiger charge is 2.19. The number of alkyl halides is 1. The number of rotatable bonds is 1. The predicted molar refractivity (Wildman–Crippen MR) is 46.6 cm³/mol. The Hall–Kier alpha value is -0.970. The normalized spacial score (nSPS) is 10.5. The summed E-state index contributed by atoms with van der Waals surface area (Å²) in [6, 6.07) is -0.123. The molecular formula is C7H12ClNO4. The first-order valence-electron chi connectivity index (χ1n) is 3.60. The van der Waals surface area contributed by atoms with E-state index in [1.165, 1.54) is 0 Å². The molecule has 1 N–H and O–H groups in total. The largest absolute Gasteiger partial charge is 0.517 e. The standard InChI is InChI=1S/C7H12ClNO4/c1-7(2,3)13-6(11)12-5(10)9-4-8/h4H2,1-3H3,(H,9,10). The Morgan fingerprint density at radius 1 is 1.38 bits per heavy atom. The minimum absolute atomic E-state index is 0.123. The summed E-state index contributed by atoms with van der Waals surface area (Å²) in [4.78, 5) is 21.4. The Balaban J connectivity index is 3.82. The van der Waals surface area contributed by atoms with Crippen molar-refractivity contribution >= 4 is 23.8 Å². The van der Waals surface area contributed by atoms with Gasteiger partial charge in [-0.1, -0.05) is 0 Å². The number of carbonyl (C=O) groups is 2. The van der Waals surface area contributed by atoms with E-state index in [2.05, 4.69) is 14.8 Å². The van der Waals surface area contributed by atoms with Gasteiger partial charge in [-0.2, -0.15) is 0 Å². The number of amides is 1. The van der Waals surface area contributed by atoms with Crippen LogP contribution in [-0.2, 0) is 9.47 Å². The minimum Gasteiger partial charge on any atom is -0.428 e. The topological polar surface area (TPSA) is 64.6 Å². The molecule has 0 fully saturated rings. The summed E-state index contributed by atoms with van der Waals surface area (Å²) in [7, 11) is 0. The second-order valence-electron chi connectivity index (χ2n) is 3.16. The first-order chi connectivity index (χ1) is 5.85. The summed E-state index contributed by atoms with van der Waals surface area (Å²) in [6.45, 7) is 4.98. The SMILES string of the molecule is CC(C)(C)OC(=O)OC(=O)NCCl. The molecule has 1 amide bonds. The lowest BCUT2D eigenvalue weighted by Crippen LogP contribution is -2.30. The molecule has 0 heterocycles. The zero-order valence-corrected chi connectivity index (χ0v) is 8.47. The highest BCUT2D eigenvalue weighted by atomic mass is 35.5. The van der Waals surface area contributed by atoms with Crippen LogP contribution in [0.25, 0.3) is 0 Å². The van der Waals surface area contributed by atoms with Gasteiger partial charge >= 0.3 is 12.2 Å². The lowest BCUT2D eigenvalue weighted by molar-refractivity contribution is 0.00922. The molecule has 6 heteroatoms. The van der Waals surface area contributed by atoms with Crippen LogP contribution in [0.4, 0.5) is 9.59 Å². The van der Waals surface area contributed by atoms with Gasteiger partial charge in [0.1, 0.15) is 5.60 Å². The third-order valence-electron chi connectivity index (χ3n) is 0.777. The van der Waals surface area contributed by atoms with Gasteiger partial charge in [0, 0.05) is 0 Å². The van der Waals surface area contributed by atoms with Crippen LogP contribution in [0.15, 0.2) is 0 Å². The number of halogens is 1. The van der Waals surface area contributed by atoms with E-state index in [1.54, 1.807) is 20.8 Å². The Morgan fingerprint density at radius 2 is 1.92 bits per heavy atom. The summed E-state index contributed by atoms with van der Waals surface area (Å²) in [6.07, 6.45) is -1.97. The number of hydrogen-bond donors (Lipinski definition) is 1. The van der Waals surface area contributed by atoms with Crippen LogP contribution in [0.3, 0.4) is 0 Å². The molecule has 0 aliphatic carbocycles. The van der Waals surface area contributed by atoms with Crippen LogP contribution in [-0.4, -0.2) is 23.9 Å². The predicted octanol–water partition coefficient (Wildman–Crippen LogP) is 1.84. The van der Waals surface area contributed by atoms with Crippen molar-refractivity contribution < 1.29 is 19.1 Å². The summed E-state index contributed by atoms with van der Waals surface area (Å²) < 4.78 is 8.86. The van der Waals surface area contributed by atoms with Crippen molar-refractivity contribution in [1.82, 2.24) is 5.32 Å². The molecule has 0 saturated heterocycles. The molecule has 0 bridgehead atoms. The molecule has 13 heavy (non-hydrogen) atoms. The molecule has 0 aliphatic heterocycles. The van der Waals surface area contributed by atoms with E-state index in [0.717, 1.165) is 0 Å². The average Bonchev–Trinajstić information content (AvgIpc) is 1.81. The molecule has 5 nitrogen and oxygen atoms in total. The third-order valence-corrected chi connectivity index (χ3v) is 0.910. The van der Waals surface area contributed by atoms with Crippen molar-refractivity contribution in [2.24, 2.45) is 0 Å². The summed E-state index contributed by atoms with van der Waals surface area (Å²) in [5.41, 5.74) is -0.682. The van der Waals surface area contributed by atoms with E-state index in [-0.39, 0.29) is 6.00 Å². The Labute approximate surface area is 81.3 Å². The molecule has 0 rings (SSSR count). The summed E-state index contributed by atoms with van der Waals surface area (Å²) in [5, 5.41) is 2.07. The maximum Gasteiger partial charge on any atom is 0.517 e. The molecular weight excluding hydrogens is 198 g/mol. The van der Waals surface area contributed by atoms with Gasteiger partial charge < -0.3 is 14.8 Å². The van der Waals surface area contributed by atoms with E-state index in [0.29, 0.717) is 0 Å². The third kappa shape index (κ3) is 7.39. The van der Waals surface area contributed by atoms with Crippen molar-refractivity contribution in [2.75, 3.05) is 6.00 Å². The summed E-state index contributed by atoms with van der Waals surface area (Å²) in [5.74, 6) is 0. The molecule has 0 aromatic rings. The second-order valence-corrected chi connectivity index (χ2v) is 3.43. The van der Waals surface area contributed by atoms with Crippen LogP contribution in [0.1, 0.15) is 20.8 Å². The molecule has 0 unspecified atom stereocenters. The van der Waals surface area contributed by atoms with Gasteiger partial charge in [-0.25, -0.2) is 9.59 Å². The van der Waals surface area contributed by atoms with Gasteiger partial charge in [-0.15, -0.1) is 11.6 Å². The van der Waals surface area contributed by atoms with Crippen LogP contribution in [0, 0.1) is 0 Å². The highest BCUT2D eigenvalue weighted by Crippen LogP contribution is 2.07. The van der Waals surface area contributed by atoms with Crippen molar-refractivity contribution in [3.8, 4) is 0 Å². The maximum absolute atomic E-state index is 10.8. The molecule has 0 aliphatic rings. The molecule has 76 valence electrons. The van der Waals surface area contributed by atoms with Crippen molar-refractivity contribution in [1.29, 1.82) is 0 Å². The number of hydrogen-bond acceptors (Lipinski definition) is 4. The number of carbonyl (C=O) groups excluding carboxylic acids is 2. The first kappa shape index (κ1) is 12.0. The molecule has 0 aromatic carbocycles. The lowest BCUT2D eigenvalue weighted by Gasteiger charge is -2.17. The maximum atomic E-state index is 10.8. The zero-order valence-electron chi connectivity index (χ0n) is 7.72. The van der Waals surface area contributed by atoms with Crippen molar-refractivity contribution in [3.05, 3.63) is 0 Å². The van der Waals surface area contributed by atoms with Crippen LogP contribution in [0.5, 0.6) is 0 Å². The van der Waals surface area contributed by atoms with Gasteiger partial charge in [0.15, 0.2) is 0 Å². The molecule has 0 saturated carbocycles. The smallest absolute Gasteiger partial charge is 0.428 e. The van der Waals surface area contributed by atoms with Crippen LogP contribution in [0.2, 0.25) is 0 Å². The van der Waals surface area contributed by atoms with Gasteiger partial charge in [-0.3, -0.25) is 0 Å². The van der Waals surface area contributed by atoms with E-state index in [4.69, 9.17) is 11.6 Å². The average molecular weight is 210 g/mol. The molecule has 0 atom stereocenters. The number of alkyl carbamates (subject to hydrolysis) is 1. The lowest BCUT2D eigenvalue weighted by atomic mass is 10.2. The first-order valence-corrected chi connectivity index (χ1v) is 4.13. The number of ether oxygens (including phenoxy) is 2. The van der Waals surface area contributed by atoms with E-state index >= 15 is 0 Å². The van der Waals surface area contributed by atoms with E-state index in [1.807, 2.05) is 0 Å². The fraction of sp³-hybridized carbons (Fsp3) is 0.714. The Morgan fingerprint density at radius 3 is 2.31 bits per heavy atom. The Kier molecular flexibility index (Phi) is 4.55. The van der Waals surface area contributed by atoms with Gasteiger partial charge in [0.25, 0.3) is 0 Å². The molecule has 0 aromatic heterocycles. The second kappa shape index (κ2) is 4.91. The van der Waals surface area contributed by atoms with Crippen LogP contribution < -0.4 is 5.32 Å². The van der Waals surface area contributed by atoms with Gasteiger partial charge in [0.05, 0.1) is 6.00 Å². The van der Waals surface area contributed by atoms with Crippen LogP contribution >= 0.6 is 11.6 Å². The highest BCUT2D eigenvalue weighted by molar-refractivity contribution is 6.18.